The Morgan fingerprint density at radius 3 is 1.32 bits per heavy atom. The van der Waals surface area contributed by atoms with Gasteiger partial charge >= 0.3 is 7.82 Å². The summed E-state index contributed by atoms with van der Waals surface area (Å²) in [5.74, 6) is -0.199. The number of quaternary nitrogens is 1. The van der Waals surface area contributed by atoms with Crippen molar-refractivity contribution in [2.75, 3.05) is 40.9 Å². The third-order valence-electron chi connectivity index (χ3n) is 12.2. The van der Waals surface area contributed by atoms with Crippen LogP contribution < -0.4 is 5.32 Å². The predicted molar refractivity (Wildman–Crippen MR) is 286 cm³/mol. The molecule has 0 rings (SSSR count). The number of nitrogens with zero attached hydrogens (tertiary/aromatic N) is 1. The first-order valence-electron chi connectivity index (χ1n) is 27.7. The molecule has 0 spiro atoms. The topological polar surface area (TPSA) is 105 Å². The molecule has 386 valence electrons. The summed E-state index contributed by atoms with van der Waals surface area (Å²) >= 11 is 0. The summed E-state index contributed by atoms with van der Waals surface area (Å²) in [6.45, 7) is 4.78. The molecule has 0 aromatic heterocycles. The van der Waals surface area contributed by atoms with Gasteiger partial charge in [0, 0.05) is 6.42 Å². The van der Waals surface area contributed by atoms with Gasteiger partial charge in [-0.25, -0.2) is 4.57 Å². The number of phosphoric ester groups is 1. The number of likely N-dealkylation sites (N-methyl/N-ethyl adjacent to an activating group) is 1. The number of amides is 1. The van der Waals surface area contributed by atoms with Crippen molar-refractivity contribution in [2.45, 2.75) is 257 Å². The van der Waals surface area contributed by atoms with Gasteiger partial charge in [0.05, 0.1) is 39.9 Å². The fraction of sp³-hybridized carbons (Fsp3) is 0.807. The van der Waals surface area contributed by atoms with Gasteiger partial charge in [-0.3, -0.25) is 13.8 Å². The van der Waals surface area contributed by atoms with Crippen LogP contribution in [-0.2, 0) is 18.4 Å². The number of hydrogen-bond acceptors (Lipinski definition) is 5. The quantitative estimate of drug-likeness (QED) is 0.0243. The van der Waals surface area contributed by atoms with E-state index in [1.807, 2.05) is 27.2 Å². The maximum Gasteiger partial charge on any atom is 0.472 e. The van der Waals surface area contributed by atoms with Crippen LogP contribution in [0, 0.1) is 0 Å². The van der Waals surface area contributed by atoms with E-state index in [9.17, 15) is 19.4 Å². The molecular formula is C57H108N2O6P+. The summed E-state index contributed by atoms with van der Waals surface area (Å²) in [7, 11) is 1.54. The van der Waals surface area contributed by atoms with Crippen molar-refractivity contribution in [3.05, 3.63) is 60.8 Å². The molecule has 3 unspecified atom stereocenters. The van der Waals surface area contributed by atoms with Gasteiger partial charge in [0.2, 0.25) is 5.91 Å². The van der Waals surface area contributed by atoms with Crippen molar-refractivity contribution < 1.29 is 32.9 Å². The number of allylic oxidation sites excluding steroid dienone is 9. The van der Waals surface area contributed by atoms with Gasteiger partial charge in [0.15, 0.2) is 0 Å². The van der Waals surface area contributed by atoms with Crippen LogP contribution in [0.3, 0.4) is 0 Å². The lowest BCUT2D eigenvalue weighted by Gasteiger charge is -2.25. The van der Waals surface area contributed by atoms with E-state index >= 15 is 0 Å². The van der Waals surface area contributed by atoms with Crippen molar-refractivity contribution in [3.63, 3.8) is 0 Å². The lowest BCUT2D eigenvalue weighted by molar-refractivity contribution is -0.870. The second kappa shape index (κ2) is 48.2. The maximum absolute atomic E-state index is 12.9. The molecule has 0 saturated heterocycles. The molecule has 0 bridgehead atoms. The van der Waals surface area contributed by atoms with E-state index in [1.165, 1.54) is 161 Å². The van der Waals surface area contributed by atoms with E-state index in [-0.39, 0.29) is 19.1 Å². The first kappa shape index (κ1) is 64.2. The van der Waals surface area contributed by atoms with E-state index < -0.39 is 20.0 Å². The SMILES string of the molecule is CCCCCC/C=C\C/C=C\CCCCCCCCCC(=O)NC(COP(=O)(O)OCC[N+](C)(C)C)C(O)/C=C/CC/C=C/CC/C=C/CCCCCCCCCCCCCCCCCC. The lowest BCUT2D eigenvalue weighted by Crippen LogP contribution is -2.45. The first-order chi connectivity index (χ1) is 32.0. The third-order valence-corrected chi connectivity index (χ3v) is 13.2. The molecule has 0 aliphatic rings. The van der Waals surface area contributed by atoms with Gasteiger partial charge in [0.1, 0.15) is 13.2 Å². The molecule has 0 aromatic carbocycles. The lowest BCUT2D eigenvalue weighted by atomic mass is 10.0. The van der Waals surface area contributed by atoms with Gasteiger partial charge in [-0.1, -0.05) is 222 Å². The number of aliphatic hydroxyl groups is 1. The first-order valence-corrected chi connectivity index (χ1v) is 29.2. The largest absolute Gasteiger partial charge is 0.472 e. The number of rotatable bonds is 50. The molecule has 3 N–H and O–H groups in total. The zero-order chi connectivity index (χ0) is 48.5. The molecule has 66 heavy (non-hydrogen) atoms. The monoisotopic (exact) mass is 948 g/mol. The highest BCUT2D eigenvalue weighted by Crippen LogP contribution is 2.43. The predicted octanol–water partition coefficient (Wildman–Crippen LogP) is 16.5. The summed E-state index contributed by atoms with van der Waals surface area (Å²) in [4.78, 5) is 23.2. The fourth-order valence-corrected chi connectivity index (χ4v) is 8.55. The Morgan fingerprint density at radius 1 is 0.515 bits per heavy atom. The van der Waals surface area contributed by atoms with E-state index in [0.29, 0.717) is 17.4 Å². The van der Waals surface area contributed by atoms with Crippen LogP contribution in [-0.4, -0.2) is 73.4 Å². The number of nitrogens with one attached hydrogen (secondary N) is 1. The van der Waals surface area contributed by atoms with Crippen LogP contribution in [0.15, 0.2) is 60.8 Å². The van der Waals surface area contributed by atoms with Crippen LogP contribution in [0.4, 0.5) is 0 Å². The van der Waals surface area contributed by atoms with Crippen LogP contribution in [0.25, 0.3) is 0 Å². The zero-order valence-corrected chi connectivity index (χ0v) is 44.8. The Balaban J connectivity index is 4.33. The average molecular weight is 948 g/mol. The molecule has 0 radical (unpaired) electrons. The van der Waals surface area contributed by atoms with E-state index in [0.717, 1.165) is 64.2 Å². The number of carbonyl (C=O) groups excluding carboxylic acids is 1. The van der Waals surface area contributed by atoms with Crippen LogP contribution in [0.1, 0.15) is 245 Å². The van der Waals surface area contributed by atoms with Crippen molar-refractivity contribution in [3.8, 4) is 0 Å². The second-order valence-electron chi connectivity index (χ2n) is 19.9. The molecule has 9 heteroatoms. The van der Waals surface area contributed by atoms with Gasteiger partial charge in [-0.15, -0.1) is 0 Å². The molecule has 0 fully saturated rings. The normalized spacial score (nSPS) is 14.5. The van der Waals surface area contributed by atoms with E-state index in [4.69, 9.17) is 9.05 Å². The standard InChI is InChI=1S/C57H107N2O6P/c1-6-8-10-12-14-16-18-20-22-24-26-27-28-29-30-31-32-33-34-36-38-40-42-44-46-48-50-56(60)55(54-65-66(62,63)64-53-52-59(3,4)5)58-57(61)51-49-47-45-43-41-39-37-35-25-23-21-19-17-15-13-11-9-7-2/h17,19,23,25,33-34,40,42,48,50,55-56,60H,6-16,18,20-22,24,26-32,35-39,41,43-47,49,51-54H2,1-5H3,(H-,58,61,62,63)/p+1/b19-17-,25-23-,34-33+,42-40+,50-48+. The highest BCUT2D eigenvalue weighted by Gasteiger charge is 2.27. The molecular weight excluding hydrogens is 840 g/mol. The Bertz CT molecular complexity index is 1260. The molecule has 8 nitrogen and oxygen atoms in total. The van der Waals surface area contributed by atoms with Crippen molar-refractivity contribution in [1.82, 2.24) is 5.32 Å². The van der Waals surface area contributed by atoms with Crippen molar-refractivity contribution in [2.24, 2.45) is 0 Å². The Labute approximate surface area is 409 Å². The smallest absolute Gasteiger partial charge is 0.387 e. The fourth-order valence-electron chi connectivity index (χ4n) is 7.81. The van der Waals surface area contributed by atoms with Gasteiger partial charge in [-0.2, -0.15) is 0 Å². The van der Waals surface area contributed by atoms with Gasteiger partial charge in [-0.05, 0) is 77.0 Å². The van der Waals surface area contributed by atoms with Crippen LogP contribution >= 0.6 is 7.82 Å². The summed E-state index contributed by atoms with van der Waals surface area (Å²) in [6, 6.07) is -0.876. The minimum absolute atomic E-state index is 0.0500. The maximum atomic E-state index is 12.9. The molecule has 0 aliphatic heterocycles. The van der Waals surface area contributed by atoms with Gasteiger partial charge in [0.25, 0.3) is 0 Å². The summed E-state index contributed by atoms with van der Waals surface area (Å²) in [5, 5.41) is 13.9. The summed E-state index contributed by atoms with van der Waals surface area (Å²) in [6.07, 6.45) is 64.6. The van der Waals surface area contributed by atoms with Gasteiger partial charge < -0.3 is 19.8 Å². The van der Waals surface area contributed by atoms with Crippen molar-refractivity contribution >= 4 is 13.7 Å². The molecule has 3 atom stereocenters. The van der Waals surface area contributed by atoms with E-state index in [1.54, 1.807) is 6.08 Å². The Morgan fingerprint density at radius 2 is 0.879 bits per heavy atom. The molecule has 1 amide bonds. The number of aliphatic hydroxyl groups excluding tert-OH is 1. The summed E-state index contributed by atoms with van der Waals surface area (Å²) < 4.78 is 23.6. The average Bonchev–Trinajstić information content (AvgIpc) is 3.28. The summed E-state index contributed by atoms with van der Waals surface area (Å²) in [5.41, 5.74) is 0. The molecule has 0 saturated carbocycles. The minimum atomic E-state index is -4.36. The minimum Gasteiger partial charge on any atom is -0.387 e. The number of phosphoric acid groups is 1. The van der Waals surface area contributed by atoms with E-state index in [2.05, 4.69) is 67.8 Å². The molecule has 0 aromatic rings. The number of hydrogen-bond donors (Lipinski definition) is 3. The number of unbranched alkanes of at least 4 members (excludes halogenated alkanes) is 29. The van der Waals surface area contributed by atoms with Crippen LogP contribution in [0.2, 0.25) is 0 Å². The molecule has 0 heterocycles. The zero-order valence-electron chi connectivity index (χ0n) is 43.9. The van der Waals surface area contributed by atoms with Crippen LogP contribution in [0.5, 0.6) is 0 Å². The highest BCUT2D eigenvalue weighted by atomic mass is 31.2. The van der Waals surface area contributed by atoms with Crippen molar-refractivity contribution in [1.29, 1.82) is 0 Å². The third kappa shape index (κ3) is 50.1. The Hall–Kier alpha value is -1.80. The molecule has 0 aliphatic carbocycles. The number of carbonyl (C=O) groups is 1. The Kier molecular flexibility index (Phi) is 46.9. The highest BCUT2D eigenvalue weighted by molar-refractivity contribution is 7.47. The second-order valence-corrected chi connectivity index (χ2v) is 21.4.